The molecule has 0 amide bonds. The standard InChI is InChI=1S/C17H14Cl2N2O3/c18-11-1-4-14(5-2-11)24-9-13(22)8-21-10-20-16-7-12(19)3-6-15(16)17(21)23/h1-7,10,13,22H,8-9H2/t13-/m0/s1. The summed E-state index contributed by atoms with van der Waals surface area (Å²) in [6.07, 6.45) is 0.539. The zero-order chi connectivity index (χ0) is 17.1. The van der Waals surface area contributed by atoms with Gasteiger partial charge in [0.2, 0.25) is 0 Å². The van der Waals surface area contributed by atoms with Crippen molar-refractivity contribution in [1.29, 1.82) is 0 Å². The third-order valence-corrected chi connectivity index (χ3v) is 3.94. The van der Waals surface area contributed by atoms with Gasteiger partial charge in [-0.3, -0.25) is 9.36 Å². The average molecular weight is 365 g/mol. The SMILES string of the molecule is O=c1c2ccc(Cl)cc2ncn1C[C@H](O)COc1ccc(Cl)cc1. The molecule has 0 radical (unpaired) electrons. The molecule has 0 unspecified atom stereocenters. The molecule has 0 saturated heterocycles. The Morgan fingerprint density at radius 1 is 1.12 bits per heavy atom. The number of aromatic nitrogens is 2. The van der Waals surface area contributed by atoms with Crippen molar-refractivity contribution >= 4 is 34.1 Å². The lowest BCUT2D eigenvalue weighted by molar-refractivity contribution is 0.0915. The predicted octanol–water partition coefficient (Wildman–Crippen LogP) is 3.14. The van der Waals surface area contributed by atoms with Crippen molar-refractivity contribution in [3.63, 3.8) is 0 Å². The van der Waals surface area contributed by atoms with E-state index >= 15 is 0 Å². The van der Waals surface area contributed by atoms with E-state index in [2.05, 4.69) is 4.98 Å². The van der Waals surface area contributed by atoms with Crippen molar-refractivity contribution < 1.29 is 9.84 Å². The van der Waals surface area contributed by atoms with Gasteiger partial charge in [-0.15, -0.1) is 0 Å². The largest absolute Gasteiger partial charge is 0.491 e. The molecule has 0 saturated carbocycles. The number of ether oxygens (including phenoxy) is 1. The maximum absolute atomic E-state index is 12.4. The molecule has 0 fully saturated rings. The van der Waals surface area contributed by atoms with E-state index in [1.165, 1.54) is 10.9 Å². The minimum atomic E-state index is -0.857. The Kier molecular flexibility index (Phi) is 5.04. The van der Waals surface area contributed by atoms with Crippen LogP contribution < -0.4 is 10.3 Å². The summed E-state index contributed by atoms with van der Waals surface area (Å²) in [4.78, 5) is 16.6. The molecular formula is C17H14Cl2N2O3. The molecule has 7 heteroatoms. The van der Waals surface area contributed by atoms with Crippen molar-refractivity contribution in [3.8, 4) is 5.75 Å². The van der Waals surface area contributed by atoms with Crippen molar-refractivity contribution in [1.82, 2.24) is 9.55 Å². The predicted molar refractivity (Wildman–Crippen MR) is 94.0 cm³/mol. The maximum Gasteiger partial charge on any atom is 0.261 e. The first kappa shape index (κ1) is 16.8. The van der Waals surface area contributed by atoms with Crippen LogP contribution >= 0.6 is 23.2 Å². The molecule has 3 rings (SSSR count). The first-order valence-electron chi connectivity index (χ1n) is 7.24. The zero-order valence-electron chi connectivity index (χ0n) is 12.5. The molecule has 5 nitrogen and oxygen atoms in total. The lowest BCUT2D eigenvalue weighted by Crippen LogP contribution is -2.30. The van der Waals surface area contributed by atoms with Gasteiger partial charge in [0.1, 0.15) is 18.5 Å². The Morgan fingerprint density at radius 2 is 1.83 bits per heavy atom. The Morgan fingerprint density at radius 3 is 2.58 bits per heavy atom. The van der Waals surface area contributed by atoms with E-state index in [4.69, 9.17) is 27.9 Å². The highest BCUT2D eigenvalue weighted by atomic mass is 35.5. The third kappa shape index (κ3) is 3.87. The number of benzene rings is 2. The van der Waals surface area contributed by atoms with E-state index < -0.39 is 6.10 Å². The van der Waals surface area contributed by atoms with Gasteiger partial charge in [-0.25, -0.2) is 4.98 Å². The zero-order valence-corrected chi connectivity index (χ0v) is 14.0. The monoisotopic (exact) mass is 364 g/mol. The maximum atomic E-state index is 12.4. The number of halogens is 2. The molecule has 3 aromatic rings. The van der Waals surface area contributed by atoms with Crippen molar-refractivity contribution in [3.05, 3.63) is 69.2 Å². The molecule has 0 aliphatic carbocycles. The van der Waals surface area contributed by atoms with E-state index in [9.17, 15) is 9.90 Å². The molecule has 0 bridgehead atoms. The van der Waals surface area contributed by atoms with Gasteiger partial charge in [0.25, 0.3) is 5.56 Å². The van der Waals surface area contributed by atoms with Gasteiger partial charge < -0.3 is 9.84 Å². The first-order valence-corrected chi connectivity index (χ1v) is 7.99. The summed E-state index contributed by atoms with van der Waals surface area (Å²) < 4.78 is 6.83. The van der Waals surface area contributed by atoms with Gasteiger partial charge in [-0.05, 0) is 42.5 Å². The fourth-order valence-electron chi connectivity index (χ4n) is 2.26. The molecule has 1 heterocycles. The summed E-state index contributed by atoms with van der Waals surface area (Å²) in [6, 6.07) is 11.7. The highest BCUT2D eigenvalue weighted by Crippen LogP contribution is 2.16. The van der Waals surface area contributed by atoms with Gasteiger partial charge in [0.05, 0.1) is 23.8 Å². The summed E-state index contributed by atoms with van der Waals surface area (Å²) in [5.74, 6) is 0.595. The summed E-state index contributed by atoms with van der Waals surface area (Å²) in [6.45, 7) is 0.130. The second-order valence-electron chi connectivity index (χ2n) is 5.28. The third-order valence-electron chi connectivity index (χ3n) is 3.45. The van der Waals surface area contributed by atoms with Gasteiger partial charge in [0, 0.05) is 10.0 Å². The summed E-state index contributed by atoms with van der Waals surface area (Å²) in [5, 5.41) is 11.7. The Hall–Kier alpha value is -2.08. The Bertz CT molecular complexity index is 910. The van der Waals surface area contributed by atoms with Crippen molar-refractivity contribution in [2.75, 3.05) is 6.61 Å². The summed E-state index contributed by atoms with van der Waals surface area (Å²) in [7, 11) is 0. The van der Waals surface area contributed by atoms with Crippen LogP contribution in [0.3, 0.4) is 0 Å². The number of hydrogen-bond donors (Lipinski definition) is 1. The number of hydrogen-bond acceptors (Lipinski definition) is 4. The van der Waals surface area contributed by atoms with Crippen LogP contribution in [-0.4, -0.2) is 27.4 Å². The lowest BCUT2D eigenvalue weighted by atomic mass is 10.2. The molecule has 1 atom stereocenters. The Balaban J connectivity index is 1.70. The lowest BCUT2D eigenvalue weighted by Gasteiger charge is -2.14. The van der Waals surface area contributed by atoms with Crippen LogP contribution in [0.15, 0.2) is 53.6 Å². The van der Waals surface area contributed by atoms with Gasteiger partial charge >= 0.3 is 0 Å². The number of fused-ring (bicyclic) bond motifs is 1. The van der Waals surface area contributed by atoms with Gasteiger partial charge in [-0.1, -0.05) is 23.2 Å². The minimum Gasteiger partial charge on any atom is -0.491 e. The molecule has 124 valence electrons. The quantitative estimate of drug-likeness (QED) is 0.755. The highest BCUT2D eigenvalue weighted by molar-refractivity contribution is 6.31. The number of aliphatic hydroxyl groups is 1. The number of rotatable bonds is 5. The second kappa shape index (κ2) is 7.21. The topological polar surface area (TPSA) is 64.4 Å². The highest BCUT2D eigenvalue weighted by Gasteiger charge is 2.10. The second-order valence-corrected chi connectivity index (χ2v) is 6.16. The van der Waals surface area contributed by atoms with Crippen LogP contribution in [-0.2, 0) is 6.54 Å². The van der Waals surface area contributed by atoms with Crippen LogP contribution in [0.1, 0.15) is 0 Å². The van der Waals surface area contributed by atoms with Gasteiger partial charge in [0.15, 0.2) is 0 Å². The molecule has 0 aliphatic heterocycles. The van der Waals surface area contributed by atoms with E-state index in [0.717, 1.165) is 0 Å². The Labute approximate surface area is 148 Å². The van der Waals surface area contributed by atoms with Crippen LogP contribution in [0, 0.1) is 0 Å². The molecule has 1 N–H and O–H groups in total. The van der Waals surface area contributed by atoms with E-state index in [-0.39, 0.29) is 18.7 Å². The van der Waals surface area contributed by atoms with Crippen LogP contribution in [0.4, 0.5) is 0 Å². The summed E-state index contributed by atoms with van der Waals surface area (Å²) >= 11 is 11.7. The number of nitrogens with zero attached hydrogens (tertiary/aromatic N) is 2. The van der Waals surface area contributed by atoms with E-state index in [0.29, 0.717) is 26.7 Å². The molecular weight excluding hydrogens is 351 g/mol. The molecule has 24 heavy (non-hydrogen) atoms. The van der Waals surface area contributed by atoms with Crippen LogP contribution in [0.5, 0.6) is 5.75 Å². The van der Waals surface area contributed by atoms with E-state index in [1.54, 1.807) is 42.5 Å². The van der Waals surface area contributed by atoms with Crippen LogP contribution in [0.2, 0.25) is 10.0 Å². The van der Waals surface area contributed by atoms with Gasteiger partial charge in [-0.2, -0.15) is 0 Å². The minimum absolute atomic E-state index is 0.0483. The van der Waals surface area contributed by atoms with E-state index in [1.807, 2.05) is 0 Å². The molecule has 2 aromatic carbocycles. The van der Waals surface area contributed by atoms with Crippen molar-refractivity contribution in [2.45, 2.75) is 12.6 Å². The smallest absolute Gasteiger partial charge is 0.261 e. The fourth-order valence-corrected chi connectivity index (χ4v) is 2.56. The molecule has 0 spiro atoms. The first-order chi connectivity index (χ1) is 11.5. The normalized spacial score (nSPS) is 12.3. The fraction of sp³-hybridized carbons (Fsp3) is 0.176. The van der Waals surface area contributed by atoms with Crippen LogP contribution in [0.25, 0.3) is 10.9 Å². The molecule has 1 aromatic heterocycles. The average Bonchev–Trinajstić information content (AvgIpc) is 2.57. The summed E-state index contributed by atoms with van der Waals surface area (Å²) in [5.41, 5.74) is 0.290. The van der Waals surface area contributed by atoms with Crippen molar-refractivity contribution in [2.24, 2.45) is 0 Å². The number of aliphatic hydroxyl groups excluding tert-OH is 1. The molecule has 0 aliphatic rings.